The van der Waals surface area contributed by atoms with E-state index in [0.717, 1.165) is 11.4 Å². The van der Waals surface area contributed by atoms with Crippen LogP contribution in [-0.2, 0) is 23.9 Å². The van der Waals surface area contributed by atoms with Crippen LogP contribution >= 0.6 is 0 Å². The molecule has 0 saturated heterocycles. The van der Waals surface area contributed by atoms with Crippen LogP contribution in [0, 0.1) is 0 Å². The first-order valence-electron chi connectivity index (χ1n) is 9.08. The highest BCUT2D eigenvalue weighted by molar-refractivity contribution is 5.94. The van der Waals surface area contributed by atoms with Gasteiger partial charge < -0.3 is 24.8 Å². The third kappa shape index (κ3) is 15.0. The average Bonchev–Trinajstić information content (AvgIpc) is 2.60. The van der Waals surface area contributed by atoms with Crippen LogP contribution < -0.4 is 5.32 Å². The minimum Gasteiger partial charge on any atom is -0.392 e. The normalized spacial score (nSPS) is 12.3. The van der Waals surface area contributed by atoms with Crippen LogP contribution in [0.1, 0.15) is 20.3 Å². The number of aliphatic hydroxyl groups is 1. The maximum atomic E-state index is 11.7. The van der Waals surface area contributed by atoms with Crippen molar-refractivity contribution in [1.82, 2.24) is 15.1 Å². The SMILES string of the molecule is C/C=C\C(=O)N(C=O)CCC(=O)NCCOCCOCCN(C)CC(C)O. The van der Waals surface area contributed by atoms with Gasteiger partial charge in [-0.1, -0.05) is 6.08 Å². The highest BCUT2D eigenvalue weighted by Crippen LogP contribution is 1.92. The highest BCUT2D eigenvalue weighted by atomic mass is 16.5. The van der Waals surface area contributed by atoms with E-state index in [9.17, 15) is 19.5 Å². The predicted molar refractivity (Wildman–Crippen MR) is 101 cm³/mol. The highest BCUT2D eigenvalue weighted by Gasteiger charge is 2.11. The number of allylic oxidation sites excluding steroid dienone is 1. The van der Waals surface area contributed by atoms with Crippen molar-refractivity contribution < 1.29 is 29.0 Å². The van der Waals surface area contributed by atoms with Crippen LogP contribution in [0.25, 0.3) is 0 Å². The van der Waals surface area contributed by atoms with Crippen molar-refractivity contribution in [2.75, 3.05) is 59.7 Å². The van der Waals surface area contributed by atoms with E-state index in [4.69, 9.17) is 9.47 Å². The Balaban J connectivity index is 3.58. The van der Waals surface area contributed by atoms with Gasteiger partial charge in [-0.3, -0.25) is 19.3 Å². The molecule has 3 amide bonds. The van der Waals surface area contributed by atoms with Crippen molar-refractivity contribution in [1.29, 1.82) is 0 Å². The van der Waals surface area contributed by atoms with Gasteiger partial charge in [0.15, 0.2) is 0 Å². The first kappa shape index (κ1) is 25.2. The molecule has 0 aliphatic heterocycles. The summed E-state index contributed by atoms with van der Waals surface area (Å²) in [4.78, 5) is 36.9. The summed E-state index contributed by atoms with van der Waals surface area (Å²) in [5.41, 5.74) is 0. The smallest absolute Gasteiger partial charge is 0.252 e. The number of likely N-dealkylation sites (N-methyl/N-ethyl adjacent to an activating group) is 1. The molecule has 1 unspecified atom stereocenters. The maximum Gasteiger partial charge on any atom is 0.252 e. The van der Waals surface area contributed by atoms with E-state index < -0.39 is 5.91 Å². The fourth-order valence-corrected chi connectivity index (χ4v) is 2.11. The Morgan fingerprint density at radius 1 is 1.15 bits per heavy atom. The molecule has 0 aliphatic carbocycles. The van der Waals surface area contributed by atoms with Crippen LogP contribution in [0.4, 0.5) is 0 Å². The number of amides is 3. The van der Waals surface area contributed by atoms with Crippen molar-refractivity contribution in [2.24, 2.45) is 0 Å². The Hall–Kier alpha value is -1.81. The third-order valence-electron chi connectivity index (χ3n) is 3.43. The summed E-state index contributed by atoms with van der Waals surface area (Å²) in [6.45, 7) is 6.93. The lowest BCUT2D eigenvalue weighted by atomic mass is 10.3. The molecule has 156 valence electrons. The summed E-state index contributed by atoms with van der Waals surface area (Å²) in [6, 6.07) is 0. The molecule has 0 aliphatic rings. The van der Waals surface area contributed by atoms with Gasteiger partial charge in [-0.05, 0) is 27.0 Å². The molecule has 9 nitrogen and oxygen atoms in total. The Bertz CT molecular complexity index is 456. The Morgan fingerprint density at radius 2 is 1.81 bits per heavy atom. The van der Waals surface area contributed by atoms with E-state index in [1.807, 2.05) is 11.9 Å². The fourth-order valence-electron chi connectivity index (χ4n) is 2.11. The van der Waals surface area contributed by atoms with E-state index in [1.165, 1.54) is 12.2 Å². The minimum absolute atomic E-state index is 0.0384. The second kappa shape index (κ2) is 16.4. The molecule has 27 heavy (non-hydrogen) atoms. The van der Waals surface area contributed by atoms with E-state index in [-0.39, 0.29) is 25.0 Å². The number of carbonyl (C=O) groups excluding carboxylic acids is 3. The molecule has 0 aromatic heterocycles. The van der Waals surface area contributed by atoms with Crippen molar-refractivity contribution in [3.05, 3.63) is 12.2 Å². The van der Waals surface area contributed by atoms with Crippen LogP contribution in [0.3, 0.4) is 0 Å². The molecule has 1 atom stereocenters. The number of aliphatic hydroxyl groups excluding tert-OH is 1. The third-order valence-corrected chi connectivity index (χ3v) is 3.43. The maximum absolute atomic E-state index is 11.7. The molecule has 0 fully saturated rings. The van der Waals surface area contributed by atoms with Gasteiger partial charge in [-0.2, -0.15) is 0 Å². The van der Waals surface area contributed by atoms with Crippen LogP contribution in [0.5, 0.6) is 0 Å². The summed E-state index contributed by atoms with van der Waals surface area (Å²) in [7, 11) is 1.92. The zero-order valence-corrected chi connectivity index (χ0v) is 16.6. The molecule has 0 aromatic carbocycles. The van der Waals surface area contributed by atoms with Crippen molar-refractivity contribution in [3.8, 4) is 0 Å². The van der Waals surface area contributed by atoms with Gasteiger partial charge in [-0.15, -0.1) is 0 Å². The Kier molecular flexibility index (Phi) is 15.3. The molecule has 0 aromatic rings. The van der Waals surface area contributed by atoms with E-state index >= 15 is 0 Å². The number of imide groups is 1. The monoisotopic (exact) mass is 387 g/mol. The van der Waals surface area contributed by atoms with Gasteiger partial charge in [0.05, 0.1) is 32.5 Å². The van der Waals surface area contributed by atoms with E-state index in [2.05, 4.69) is 5.32 Å². The summed E-state index contributed by atoms with van der Waals surface area (Å²) >= 11 is 0. The van der Waals surface area contributed by atoms with E-state index in [0.29, 0.717) is 45.9 Å². The lowest BCUT2D eigenvalue weighted by Gasteiger charge is -2.18. The lowest BCUT2D eigenvalue weighted by molar-refractivity contribution is -0.134. The average molecular weight is 387 g/mol. The Morgan fingerprint density at radius 3 is 2.41 bits per heavy atom. The van der Waals surface area contributed by atoms with Crippen molar-refractivity contribution in [3.63, 3.8) is 0 Å². The molecule has 0 radical (unpaired) electrons. The lowest BCUT2D eigenvalue weighted by Crippen LogP contribution is -2.34. The van der Waals surface area contributed by atoms with Gasteiger partial charge in [0.2, 0.25) is 12.3 Å². The van der Waals surface area contributed by atoms with Crippen molar-refractivity contribution in [2.45, 2.75) is 26.4 Å². The van der Waals surface area contributed by atoms with Crippen LogP contribution in [0.2, 0.25) is 0 Å². The summed E-state index contributed by atoms with van der Waals surface area (Å²) in [5, 5.41) is 11.9. The first-order valence-corrected chi connectivity index (χ1v) is 9.08. The van der Waals surface area contributed by atoms with Gasteiger partial charge in [0.25, 0.3) is 5.91 Å². The molecule has 0 bridgehead atoms. The summed E-state index contributed by atoms with van der Waals surface area (Å²) in [6.07, 6.45) is 2.91. The summed E-state index contributed by atoms with van der Waals surface area (Å²) in [5.74, 6) is -0.697. The Labute approximate surface area is 161 Å². The number of carbonyl (C=O) groups is 3. The molecule has 0 heterocycles. The quantitative estimate of drug-likeness (QED) is 0.207. The second-order valence-electron chi connectivity index (χ2n) is 6.07. The number of rotatable bonds is 16. The number of nitrogens with one attached hydrogen (secondary N) is 1. The number of ether oxygens (including phenoxy) is 2. The van der Waals surface area contributed by atoms with Crippen LogP contribution in [-0.4, -0.2) is 98.9 Å². The van der Waals surface area contributed by atoms with E-state index in [1.54, 1.807) is 13.8 Å². The molecular formula is C18H33N3O6. The van der Waals surface area contributed by atoms with Gasteiger partial charge in [0.1, 0.15) is 0 Å². The standard InChI is InChI=1S/C18H33N3O6/c1-4-5-18(25)21(15-22)8-6-17(24)19-7-10-26-12-13-27-11-9-20(3)14-16(2)23/h4-5,15-16,23H,6-14H2,1-3H3,(H,19,24)/b5-4-. The van der Waals surface area contributed by atoms with Crippen LogP contribution in [0.15, 0.2) is 12.2 Å². The number of hydrogen-bond acceptors (Lipinski definition) is 7. The zero-order chi connectivity index (χ0) is 20.5. The summed E-state index contributed by atoms with van der Waals surface area (Å²) < 4.78 is 10.8. The zero-order valence-electron chi connectivity index (χ0n) is 16.6. The van der Waals surface area contributed by atoms with Gasteiger partial charge >= 0.3 is 0 Å². The fraction of sp³-hybridized carbons (Fsp3) is 0.722. The second-order valence-corrected chi connectivity index (χ2v) is 6.07. The molecule has 9 heteroatoms. The first-order chi connectivity index (χ1) is 12.9. The topological polar surface area (TPSA) is 108 Å². The molecule has 2 N–H and O–H groups in total. The number of hydrogen-bond donors (Lipinski definition) is 2. The molecule has 0 rings (SSSR count). The largest absolute Gasteiger partial charge is 0.392 e. The number of nitrogens with zero attached hydrogens (tertiary/aromatic N) is 2. The predicted octanol–water partition coefficient (Wildman–Crippen LogP) is -0.600. The molecule has 0 spiro atoms. The van der Waals surface area contributed by atoms with Crippen molar-refractivity contribution >= 4 is 18.2 Å². The van der Waals surface area contributed by atoms with Gasteiger partial charge in [0, 0.05) is 32.6 Å². The minimum atomic E-state index is -0.444. The molecular weight excluding hydrogens is 354 g/mol. The molecule has 0 saturated carbocycles. The van der Waals surface area contributed by atoms with Gasteiger partial charge in [-0.25, -0.2) is 0 Å².